The molecule has 4 aromatic rings. The summed E-state index contributed by atoms with van der Waals surface area (Å²) >= 11 is 0. The summed E-state index contributed by atoms with van der Waals surface area (Å²) in [4.78, 5) is -0.355. The predicted molar refractivity (Wildman–Crippen MR) is 159 cm³/mol. The highest BCUT2D eigenvalue weighted by Gasteiger charge is 2.14. The van der Waals surface area contributed by atoms with Crippen molar-refractivity contribution in [3.8, 4) is 0 Å². The first-order valence-corrected chi connectivity index (χ1v) is 16.4. The lowest BCUT2D eigenvalue weighted by Crippen LogP contribution is -2.43. The van der Waals surface area contributed by atoms with E-state index in [0.29, 0.717) is 0 Å². The maximum absolute atomic E-state index is 10.4. The Kier molecular flexibility index (Phi) is 12.8. The minimum atomic E-state index is -4.27. The maximum atomic E-state index is 10.4. The third-order valence-corrected chi connectivity index (χ3v) is 8.61. The van der Waals surface area contributed by atoms with E-state index in [1.165, 1.54) is 47.0 Å². The number of hydrogen-bond donors (Lipinski definition) is 0. The first kappa shape index (κ1) is 35.8. The minimum Gasteiger partial charge on any atom is -0.744 e. The van der Waals surface area contributed by atoms with E-state index in [0.717, 1.165) is 37.4 Å². The van der Waals surface area contributed by atoms with E-state index in [9.17, 15) is 25.9 Å². The lowest BCUT2D eigenvalue weighted by atomic mass is 10.2. The number of benzene rings is 2. The van der Waals surface area contributed by atoms with Gasteiger partial charge in [-0.15, -0.1) is 9.36 Å². The molecule has 0 aliphatic carbocycles. The van der Waals surface area contributed by atoms with E-state index >= 15 is 0 Å². The Labute approximate surface area is 255 Å². The average Bonchev–Trinajstić information content (AvgIpc) is 3.30. The summed E-state index contributed by atoms with van der Waals surface area (Å²) in [6, 6.07) is 16.0. The van der Waals surface area contributed by atoms with Crippen LogP contribution in [0.5, 0.6) is 0 Å². The number of ether oxygens (including phenoxy) is 1. The summed E-state index contributed by atoms with van der Waals surface area (Å²) in [7, 11) is -4.36. The van der Waals surface area contributed by atoms with Crippen LogP contribution in [-0.2, 0) is 52.2 Å². The van der Waals surface area contributed by atoms with Crippen LogP contribution in [0.2, 0.25) is 0 Å². The molecule has 0 spiro atoms. The van der Waals surface area contributed by atoms with Gasteiger partial charge in [0.05, 0.1) is 34.4 Å². The number of rotatable bonds is 8. The highest BCUT2D eigenvalue weighted by molar-refractivity contribution is 7.86. The Balaban J connectivity index is 0.000000247. The van der Waals surface area contributed by atoms with Gasteiger partial charge in [-0.1, -0.05) is 35.4 Å². The normalized spacial score (nSPS) is 11.4. The molecule has 2 heterocycles. The predicted octanol–water partition coefficient (Wildman–Crippen LogP) is 2.69. The SMILES string of the molecule is Cc1cc(C)[n+](C)n1CCOCCn1c(C)cc(C)[n+]1C.Cc1ccc(S(=O)(=O)[O-])cc1.Cc1ccc(S(=O)(=O)[O-])cc1. The van der Waals surface area contributed by atoms with E-state index < -0.39 is 20.2 Å². The third kappa shape index (κ3) is 11.0. The molecule has 4 rings (SSSR count). The zero-order valence-electron chi connectivity index (χ0n) is 26.1. The summed E-state index contributed by atoms with van der Waals surface area (Å²) in [5.74, 6) is 0. The lowest BCUT2D eigenvalue weighted by Gasteiger charge is -2.06. The Morgan fingerprint density at radius 2 is 0.907 bits per heavy atom. The van der Waals surface area contributed by atoms with Gasteiger partial charge in [0.1, 0.15) is 33.3 Å². The Morgan fingerprint density at radius 1 is 0.605 bits per heavy atom. The van der Waals surface area contributed by atoms with Crippen molar-refractivity contribution in [2.45, 2.75) is 64.4 Å². The fourth-order valence-corrected chi connectivity index (χ4v) is 5.20. The highest BCUT2D eigenvalue weighted by Crippen LogP contribution is 2.09. The van der Waals surface area contributed by atoms with Gasteiger partial charge in [0.2, 0.25) is 11.4 Å². The zero-order valence-corrected chi connectivity index (χ0v) is 27.7. The van der Waals surface area contributed by atoms with Gasteiger partial charge in [-0.3, -0.25) is 0 Å². The van der Waals surface area contributed by atoms with Gasteiger partial charge in [0, 0.05) is 26.0 Å². The molecule has 43 heavy (non-hydrogen) atoms. The summed E-state index contributed by atoms with van der Waals surface area (Å²) < 4.78 is 77.0. The molecule has 2 aromatic carbocycles. The molecule has 0 fully saturated rings. The van der Waals surface area contributed by atoms with Crippen molar-refractivity contribution >= 4 is 20.2 Å². The van der Waals surface area contributed by atoms with Gasteiger partial charge < -0.3 is 13.8 Å². The van der Waals surface area contributed by atoms with Gasteiger partial charge in [0.25, 0.3) is 0 Å². The van der Waals surface area contributed by atoms with Crippen molar-refractivity contribution in [1.29, 1.82) is 0 Å². The van der Waals surface area contributed by atoms with E-state index in [-0.39, 0.29) is 9.79 Å². The number of hydrogen-bond acceptors (Lipinski definition) is 7. The molecule has 0 atom stereocenters. The molecule has 0 aliphatic rings. The second kappa shape index (κ2) is 15.4. The largest absolute Gasteiger partial charge is 0.744 e. The van der Waals surface area contributed by atoms with Crippen LogP contribution in [0.25, 0.3) is 0 Å². The molecule has 11 nitrogen and oxygen atoms in total. The van der Waals surface area contributed by atoms with Crippen LogP contribution in [0.4, 0.5) is 0 Å². The van der Waals surface area contributed by atoms with Crippen molar-refractivity contribution in [1.82, 2.24) is 9.36 Å². The van der Waals surface area contributed by atoms with Gasteiger partial charge >= 0.3 is 0 Å². The van der Waals surface area contributed by atoms with Crippen LogP contribution >= 0.6 is 0 Å². The molecule has 13 heteroatoms. The second-order valence-corrected chi connectivity index (χ2v) is 13.1. The number of aryl methyl sites for hydroxylation is 6. The second-order valence-electron chi connectivity index (χ2n) is 10.3. The standard InChI is InChI=1S/C16H28N4O.2C7H8O3S/c1-13-11-15(3)19(17(13)5)7-9-21-10-8-20-16(4)12-14(2)18(20)6;2*1-6-2-4-7(5-3-6)11(8,9)10/h11-12H,7-10H2,1-6H3;2*2-5H,1H3,(H,8,9,10)/q+2;;/p-2. The van der Waals surface area contributed by atoms with Crippen LogP contribution in [0, 0.1) is 41.5 Å². The van der Waals surface area contributed by atoms with E-state index in [4.69, 9.17) is 4.74 Å². The molecule has 2 aromatic heterocycles. The Bertz CT molecular complexity index is 1580. The maximum Gasteiger partial charge on any atom is 0.204 e. The molecule has 0 saturated heterocycles. The van der Waals surface area contributed by atoms with Gasteiger partial charge in [0.15, 0.2) is 14.1 Å². The third-order valence-electron chi connectivity index (χ3n) is 6.91. The van der Waals surface area contributed by atoms with Crippen molar-refractivity contribution in [3.63, 3.8) is 0 Å². The minimum absolute atomic E-state index is 0.178. The zero-order chi connectivity index (χ0) is 32.5. The van der Waals surface area contributed by atoms with Crippen LogP contribution in [-0.4, -0.2) is 48.5 Å². The van der Waals surface area contributed by atoms with Crippen LogP contribution in [0.1, 0.15) is 33.9 Å². The molecular weight excluding hydrogens is 592 g/mol. The topological polar surface area (TPSA) is 141 Å². The van der Waals surface area contributed by atoms with E-state index in [1.54, 1.807) is 24.3 Å². The molecule has 0 unspecified atom stereocenters. The summed E-state index contributed by atoms with van der Waals surface area (Å²) in [6.07, 6.45) is 0. The van der Waals surface area contributed by atoms with Crippen LogP contribution < -0.4 is 9.36 Å². The van der Waals surface area contributed by atoms with Gasteiger partial charge in [-0.05, 0) is 52.0 Å². The smallest absolute Gasteiger partial charge is 0.204 e. The Morgan fingerprint density at radius 3 is 1.14 bits per heavy atom. The lowest BCUT2D eigenvalue weighted by molar-refractivity contribution is -0.759. The van der Waals surface area contributed by atoms with Crippen molar-refractivity contribution < 1.29 is 40.0 Å². The molecule has 0 bridgehead atoms. The van der Waals surface area contributed by atoms with Crippen molar-refractivity contribution in [2.24, 2.45) is 14.1 Å². The fourth-order valence-electron chi connectivity index (χ4n) is 4.26. The highest BCUT2D eigenvalue weighted by atomic mass is 32.2. The van der Waals surface area contributed by atoms with Crippen LogP contribution in [0.15, 0.2) is 70.5 Å². The number of nitrogens with zero attached hydrogens (tertiary/aromatic N) is 4. The summed E-state index contributed by atoms with van der Waals surface area (Å²) in [5.41, 5.74) is 6.97. The molecular formula is C30H42N4O7S2. The quantitative estimate of drug-likeness (QED) is 0.165. The van der Waals surface area contributed by atoms with Gasteiger partial charge in [-0.25, -0.2) is 16.8 Å². The van der Waals surface area contributed by atoms with E-state index in [2.05, 4.69) is 72.7 Å². The van der Waals surface area contributed by atoms with Crippen LogP contribution in [0.3, 0.4) is 0 Å². The average molecular weight is 635 g/mol. The molecule has 0 amide bonds. The molecule has 0 radical (unpaired) electrons. The molecule has 0 saturated carbocycles. The molecule has 236 valence electrons. The fraction of sp³-hybridized carbons (Fsp3) is 0.400. The summed E-state index contributed by atoms with van der Waals surface area (Å²) in [5, 5.41) is 0. The van der Waals surface area contributed by atoms with E-state index in [1.807, 2.05) is 13.8 Å². The van der Waals surface area contributed by atoms with Gasteiger partial charge in [-0.2, -0.15) is 9.36 Å². The number of aromatic nitrogens is 4. The monoisotopic (exact) mass is 634 g/mol. The summed E-state index contributed by atoms with van der Waals surface area (Å²) in [6.45, 7) is 15.4. The first-order chi connectivity index (χ1) is 19.9. The Hall–Kier alpha value is -3.36. The van der Waals surface area contributed by atoms with Crippen molar-refractivity contribution in [2.75, 3.05) is 13.2 Å². The first-order valence-electron chi connectivity index (χ1n) is 13.6. The molecule has 0 aliphatic heterocycles. The molecule has 0 N–H and O–H groups in total. The van der Waals surface area contributed by atoms with Crippen molar-refractivity contribution in [3.05, 3.63) is 94.6 Å².